The van der Waals surface area contributed by atoms with Crippen molar-refractivity contribution >= 4 is 16.7 Å². The van der Waals surface area contributed by atoms with Crippen molar-refractivity contribution in [2.45, 2.75) is 32.1 Å². The van der Waals surface area contributed by atoms with Crippen LogP contribution in [0.2, 0.25) is 0 Å². The van der Waals surface area contributed by atoms with E-state index < -0.39 is 0 Å². The lowest BCUT2D eigenvalue weighted by Gasteiger charge is -2.22. The minimum absolute atomic E-state index is 0.844. The van der Waals surface area contributed by atoms with E-state index in [0.717, 1.165) is 29.2 Å². The van der Waals surface area contributed by atoms with Gasteiger partial charge in [-0.05, 0) is 37.0 Å². The number of aromatic nitrogens is 2. The predicted molar refractivity (Wildman–Crippen MR) is 74.6 cm³/mol. The summed E-state index contributed by atoms with van der Waals surface area (Å²) in [7, 11) is 0. The van der Waals surface area contributed by atoms with Gasteiger partial charge in [-0.3, -0.25) is 9.97 Å². The van der Waals surface area contributed by atoms with Gasteiger partial charge >= 0.3 is 0 Å². The molecule has 0 radical (unpaired) electrons. The fraction of sp³-hybridized carbons (Fsp3) is 0.467. The average Bonchev–Trinajstić information content (AvgIpc) is 2.46. The zero-order valence-corrected chi connectivity index (χ0v) is 10.6. The molecule has 1 saturated carbocycles. The lowest BCUT2D eigenvalue weighted by molar-refractivity contribution is 0.373. The molecule has 0 saturated heterocycles. The summed E-state index contributed by atoms with van der Waals surface area (Å²) >= 11 is 0. The molecule has 1 fully saturated rings. The van der Waals surface area contributed by atoms with Gasteiger partial charge in [0.15, 0.2) is 0 Å². The standard InChI is InChI=1S/C15H19N3/c1-2-4-12(5-3-1)11-18-13-6-7-14-15(10-13)17-9-8-16-14/h6-10,12,18H,1-5,11H2. The van der Waals surface area contributed by atoms with Crippen LogP contribution in [0, 0.1) is 5.92 Å². The molecule has 1 aromatic carbocycles. The van der Waals surface area contributed by atoms with Gasteiger partial charge in [0.05, 0.1) is 11.0 Å². The monoisotopic (exact) mass is 241 g/mol. The SMILES string of the molecule is c1cnc2cc(NCC3CCCCC3)ccc2n1. The Morgan fingerprint density at radius 3 is 2.61 bits per heavy atom. The van der Waals surface area contributed by atoms with E-state index in [-0.39, 0.29) is 0 Å². The summed E-state index contributed by atoms with van der Waals surface area (Å²) in [6, 6.07) is 6.22. The van der Waals surface area contributed by atoms with Gasteiger partial charge in [-0.1, -0.05) is 19.3 Å². The van der Waals surface area contributed by atoms with Crippen LogP contribution in [0.4, 0.5) is 5.69 Å². The topological polar surface area (TPSA) is 37.8 Å². The fourth-order valence-electron chi connectivity index (χ4n) is 2.73. The van der Waals surface area contributed by atoms with E-state index in [4.69, 9.17) is 0 Å². The van der Waals surface area contributed by atoms with Crippen molar-refractivity contribution in [1.82, 2.24) is 9.97 Å². The number of fused-ring (bicyclic) bond motifs is 1. The first kappa shape index (κ1) is 11.5. The van der Waals surface area contributed by atoms with Crippen LogP contribution in [-0.2, 0) is 0 Å². The van der Waals surface area contributed by atoms with Crippen LogP contribution in [-0.4, -0.2) is 16.5 Å². The van der Waals surface area contributed by atoms with Gasteiger partial charge in [-0.25, -0.2) is 0 Å². The molecule has 2 aromatic rings. The highest BCUT2D eigenvalue weighted by Crippen LogP contribution is 2.24. The van der Waals surface area contributed by atoms with Crippen LogP contribution >= 0.6 is 0 Å². The third-order valence-corrected chi connectivity index (χ3v) is 3.79. The highest BCUT2D eigenvalue weighted by Gasteiger charge is 2.12. The van der Waals surface area contributed by atoms with E-state index in [1.54, 1.807) is 12.4 Å². The molecule has 3 heteroatoms. The molecule has 1 aliphatic carbocycles. The Balaban J connectivity index is 1.66. The first-order chi connectivity index (χ1) is 8.92. The lowest BCUT2D eigenvalue weighted by Crippen LogP contribution is -2.17. The smallest absolute Gasteiger partial charge is 0.0907 e. The predicted octanol–water partition coefficient (Wildman–Crippen LogP) is 3.62. The van der Waals surface area contributed by atoms with Gasteiger partial charge in [0, 0.05) is 24.6 Å². The maximum atomic E-state index is 4.33. The maximum Gasteiger partial charge on any atom is 0.0907 e. The van der Waals surface area contributed by atoms with Crippen molar-refractivity contribution < 1.29 is 0 Å². The van der Waals surface area contributed by atoms with Crippen LogP contribution in [0.15, 0.2) is 30.6 Å². The van der Waals surface area contributed by atoms with E-state index in [1.165, 1.54) is 32.1 Å². The maximum absolute atomic E-state index is 4.33. The highest BCUT2D eigenvalue weighted by molar-refractivity contribution is 5.78. The van der Waals surface area contributed by atoms with Crippen molar-refractivity contribution in [2.75, 3.05) is 11.9 Å². The second kappa shape index (κ2) is 5.34. The van der Waals surface area contributed by atoms with Crippen LogP contribution in [0.25, 0.3) is 11.0 Å². The molecular weight excluding hydrogens is 222 g/mol. The minimum atomic E-state index is 0.844. The summed E-state index contributed by atoms with van der Waals surface area (Å²) in [6.45, 7) is 1.09. The van der Waals surface area contributed by atoms with Gasteiger partial charge in [0.1, 0.15) is 0 Å². The Hall–Kier alpha value is -1.64. The molecular formula is C15H19N3. The number of hydrogen-bond donors (Lipinski definition) is 1. The molecule has 3 nitrogen and oxygen atoms in total. The van der Waals surface area contributed by atoms with Crippen LogP contribution in [0.3, 0.4) is 0 Å². The average molecular weight is 241 g/mol. The molecule has 94 valence electrons. The summed E-state index contributed by atoms with van der Waals surface area (Å²) in [5.41, 5.74) is 3.08. The van der Waals surface area contributed by atoms with E-state index in [0.29, 0.717) is 0 Å². The molecule has 0 amide bonds. The van der Waals surface area contributed by atoms with Crippen LogP contribution in [0.5, 0.6) is 0 Å². The summed E-state index contributed by atoms with van der Waals surface area (Å²) in [5.74, 6) is 0.844. The molecule has 0 unspecified atom stereocenters. The van der Waals surface area contributed by atoms with Gasteiger partial charge in [-0.15, -0.1) is 0 Å². The molecule has 0 bridgehead atoms. The quantitative estimate of drug-likeness (QED) is 0.891. The normalized spacial score (nSPS) is 16.9. The van der Waals surface area contributed by atoms with Crippen LogP contribution < -0.4 is 5.32 Å². The lowest BCUT2D eigenvalue weighted by atomic mass is 9.89. The van der Waals surface area contributed by atoms with Gasteiger partial charge < -0.3 is 5.32 Å². The Morgan fingerprint density at radius 2 is 1.78 bits per heavy atom. The third-order valence-electron chi connectivity index (χ3n) is 3.79. The summed E-state index contributed by atoms with van der Waals surface area (Å²) in [4.78, 5) is 8.62. The van der Waals surface area contributed by atoms with Gasteiger partial charge in [0.2, 0.25) is 0 Å². The van der Waals surface area contributed by atoms with Crippen molar-refractivity contribution in [3.8, 4) is 0 Å². The molecule has 18 heavy (non-hydrogen) atoms. The minimum Gasteiger partial charge on any atom is -0.385 e. The Kier molecular flexibility index (Phi) is 3.40. The number of rotatable bonds is 3. The highest BCUT2D eigenvalue weighted by atomic mass is 14.9. The zero-order chi connectivity index (χ0) is 12.2. The Bertz CT molecular complexity index is 518. The summed E-state index contributed by atoms with van der Waals surface area (Å²) in [6.07, 6.45) is 10.4. The number of anilines is 1. The van der Waals surface area contributed by atoms with Crippen LogP contribution in [0.1, 0.15) is 32.1 Å². The first-order valence-electron chi connectivity index (χ1n) is 6.86. The van der Waals surface area contributed by atoms with E-state index in [9.17, 15) is 0 Å². The molecule has 1 aliphatic rings. The van der Waals surface area contributed by atoms with Crippen molar-refractivity contribution in [3.05, 3.63) is 30.6 Å². The summed E-state index contributed by atoms with van der Waals surface area (Å²) < 4.78 is 0. The number of nitrogens with one attached hydrogen (secondary N) is 1. The largest absolute Gasteiger partial charge is 0.385 e. The molecule has 1 heterocycles. The van der Waals surface area contributed by atoms with Gasteiger partial charge in [-0.2, -0.15) is 0 Å². The molecule has 0 spiro atoms. The molecule has 1 N–H and O–H groups in total. The third kappa shape index (κ3) is 2.61. The Labute approximate surface area is 108 Å². The fourth-order valence-corrected chi connectivity index (χ4v) is 2.73. The van der Waals surface area contributed by atoms with Crippen molar-refractivity contribution in [1.29, 1.82) is 0 Å². The molecule has 3 rings (SSSR count). The number of benzene rings is 1. The zero-order valence-electron chi connectivity index (χ0n) is 10.6. The van der Waals surface area contributed by atoms with E-state index in [1.807, 2.05) is 6.07 Å². The summed E-state index contributed by atoms with van der Waals surface area (Å²) in [5, 5.41) is 3.54. The van der Waals surface area contributed by atoms with Crippen molar-refractivity contribution in [2.24, 2.45) is 5.92 Å². The van der Waals surface area contributed by atoms with Crippen molar-refractivity contribution in [3.63, 3.8) is 0 Å². The first-order valence-corrected chi connectivity index (χ1v) is 6.86. The van der Waals surface area contributed by atoms with E-state index in [2.05, 4.69) is 27.4 Å². The number of hydrogen-bond acceptors (Lipinski definition) is 3. The second-order valence-electron chi connectivity index (χ2n) is 5.14. The second-order valence-corrected chi connectivity index (χ2v) is 5.14. The molecule has 1 aromatic heterocycles. The molecule has 0 aliphatic heterocycles. The molecule has 0 atom stereocenters. The van der Waals surface area contributed by atoms with Gasteiger partial charge in [0.25, 0.3) is 0 Å². The number of nitrogens with zero attached hydrogens (tertiary/aromatic N) is 2. The van der Waals surface area contributed by atoms with E-state index >= 15 is 0 Å². The Morgan fingerprint density at radius 1 is 1.00 bits per heavy atom.